The van der Waals surface area contributed by atoms with E-state index in [9.17, 15) is 54.9 Å². The molecule has 6 atom stereocenters. The van der Waals surface area contributed by atoms with E-state index in [1.165, 1.54) is 24.3 Å². The molecule has 12 heteroatoms. The van der Waals surface area contributed by atoms with Gasteiger partial charge in [-0.25, -0.2) is 9.59 Å². The highest BCUT2D eigenvalue weighted by Gasteiger charge is 2.56. The van der Waals surface area contributed by atoms with E-state index in [1.54, 1.807) is 0 Å². The number of carboxylic acid groups (broad SMARTS) is 2. The molecular weight excluding hydrogens is 516 g/mol. The fourth-order valence-electron chi connectivity index (χ4n) is 5.15. The maximum atomic E-state index is 12.9. The van der Waals surface area contributed by atoms with E-state index >= 15 is 0 Å². The summed E-state index contributed by atoms with van der Waals surface area (Å²) in [5.41, 5.74) is 0.661. The first-order valence-electron chi connectivity index (χ1n) is 11.7. The molecule has 0 aliphatic heterocycles. The predicted molar refractivity (Wildman–Crippen MR) is 130 cm³/mol. The molecule has 3 aliphatic carbocycles. The van der Waals surface area contributed by atoms with Crippen LogP contribution < -0.4 is 0 Å². The largest absolute Gasteiger partial charge is 0.504 e. The number of aliphatic carboxylic acids is 2. The van der Waals surface area contributed by atoms with E-state index < -0.39 is 82.6 Å². The van der Waals surface area contributed by atoms with Crippen molar-refractivity contribution in [3.8, 4) is 23.0 Å². The number of benzene rings is 2. The summed E-state index contributed by atoms with van der Waals surface area (Å²) in [4.78, 5) is 49.2. The third-order valence-corrected chi connectivity index (χ3v) is 6.94. The summed E-state index contributed by atoms with van der Waals surface area (Å²) in [6.07, 6.45) is -0.115. The van der Waals surface area contributed by atoms with E-state index in [2.05, 4.69) is 0 Å². The third kappa shape index (κ3) is 5.27. The number of hydrogen-bond acceptors (Lipinski definition) is 10. The average molecular weight is 540 g/mol. The van der Waals surface area contributed by atoms with Crippen molar-refractivity contribution < 1.29 is 59.7 Å². The van der Waals surface area contributed by atoms with Crippen LogP contribution in [-0.4, -0.2) is 71.6 Å². The standard InChI is InChI=1S/C27H24O12/c28-15-4-1-11(7-17(15)30)8-19(26(35)36)39-20(32)6-3-12-9-14-21(13-2-5-16(29)18(31)10-13)23(27(37)38)22(12)25(34)24(14)33/h1-7,9-10,14,19,21-24,28-31,33H,8H2,(H,35,36)(H,37,38)/t14-,19-,21+,22+,23-,24-/m1/s1. The number of aliphatic hydroxyl groups excluding tert-OH is 1. The Morgan fingerprint density at radius 3 is 2.15 bits per heavy atom. The van der Waals surface area contributed by atoms with Crippen molar-refractivity contribution in [2.45, 2.75) is 24.5 Å². The highest BCUT2D eigenvalue weighted by Crippen LogP contribution is 2.52. The third-order valence-electron chi connectivity index (χ3n) is 6.94. The zero-order valence-corrected chi connectivity index (χ0v) is 20.0. The second-order valence-electron chi connectivity index (χ2n) is 9.33. The van der Waals surface area contributed by atoms with Gasteiger partial charge in [0.15, 0.2) is 28.8 Å². The van der Waals surface area contributed by atoms with Gasteiger partial charge in [-0.05, 0) is 41.0 Å². The number of fused-ring (bicyclic) bond motifs is 2. The minimum atomic E-state index is -1.66. The maximum Gasteiger partial charge on any atom is 0.345 e. The van der Waals surface area contributed by atoms with Crippen LogP contribution in [0.2, 0.25) is 0 Å². The van der Waals surface area contributed by atoms with Gasteiger partial charge in [0.2, 0.25) is 6.10 Å². The first kappa shape index (κ1) is 27.2. The van der Waals surface area contributed by atoms with E-state index in [-0.39, 0.29) is 23.1 Å². The fourth-order valence-corrected chi connectivity index (χ4v) is 5.15. The maximum absolute atomic E-state index is 12.9. The topological polar surface area (TPSA) is 219 Å². The van der Waals surface area contributed by atoms with Crippen LogP contribution in [-0.2, 0) is 30.3 Å². The quantitative estimate of drug-likeness (QED) is 0.143. The molecule has 0 radical (unpaired) electrons. The number of phenolic OH excluding ortho intramolecular Hbond substituents is 4. The zero-order valence-electron chi connectivity index (χ0n) is 20.0. The molecule has 0 unspecified atom stereocenters. The van der Waals surface area contributed by atoms with E-state index in [1.807, 2.05) is 0 Å². The molecule has 2 aromatic carbocycles. The summed E-state index contributed by atoms with van der Waals surface area (Å²) >= 11 is 0. The lowest BCUT2D eigenvalue weighted by atomic mass is 9.56. The molecule has 5 rings (SSSR count). The van der Waals surface area contributed by atoms with Gasteiger partial charge in [-0.3, -0.25) is 9.59 Å². The number of ketones is 1. The average Bonchev–Trinajstić information content (AvgIpc) is 2.88. The number of ether oxygens (including phenoxy) is 1. The Kier molecular flexibility index (Phi) is 7.32. The Morgan fingerprint density at radius 2 is 1.56 bits per heavy atom. The molecular formula is C27H24O12. The minimum Gasteiger partial charge on any atom is -0.504 e. The number of carboxylic acids is 2. The molecule has 3 aliphatic rings. The molecule has 1 fully saturated rings. The van der Waals surface area contributed by atoms with Crippen LogP contribution in [0.1, 0.15) is 17.0 Å². The van der Waals surface area contributed by atoms with Crippen LogP contribution in [0.3, 0.4) is 0 Å². The van der Waals surface area contributed by atoms with Gasteiger partial charge >= 0.3 is 17.9 Å². The molecule has 0 saturated heterocycles. The summed E-state index contributed by atoms with van der Waals surface area (Å²) in [5, 5.41) is 68.5. The summed E-state index contributed by atoms with van der Waals surface area (Å²) in [6.45, 7) is 0. The zero-order chi connectivity index (χ0) is 28.6. The molecule has 0 spiro atoms. The lowest BCUT2D eigenvalue weighted by Crippen LogP contribution is -2.54. The number of aliphatic hydroxyl groups is 1. The SMILES string of the molecule is O=C(C=CC1=C[C@@H]2[C@H](c3ccc(O)c(O)c3)[C@@H](C(=O)O)[C@H]1C(=O)[C@@H]2O)O[C@H](Cc1ccc(O)c(O)c1)C(=O)O. The van der Waals surface area contributed by atoms with Gasteiger partial charge in [0.25, 0.3) is 0 Å². The van der Waals surface area contributed by atoms with Crippen LogP contribution in [0.5, 0.6) is 23.0 Å². The number of phenols is 4. The van der Waals surface area contributed by atoms with Crippen LogP contribution in [0.25, 0.3) is 0 Å². The van der Waals surface area contributed by atoms with E-state index in [4.69, 9.17) is 4.74 Å². The molecule has 1 saturated carbocycles. The molecule has 12 nitrogen and oxygen atoms in total. The van der Waals surface area contributed by atoms with Gasteiger partial charge in [0.1, 0.15) is 6.10 Å². The van der Waals surface area contributed by atoms with Gasteiger partial charge in [-0.1, -0.05) is 24.3 Å². The predicted octanol–water partition coefficient (Wildman–Crippen LogP) is 1.20. The smallest absolute Gasteiger partial charge is 0.345 e. The van der Waals surface area contributed by atoms with Crippen molar-refractivity contribution in [1.82, 2.24) is 0 Å². The fraction of sp³-hybridized carbons (Fsp3) is 0.259. The Balaban J connectivity index is 1.58. The van der Waals surface area contributed by atoms with Gasteiger partial charge in [0.05, 0.1) is 11.8 Å². The first-order chi connectivity index (χ1) is 18.4. The van der Waals surface area contributed by atoms with Gasteiger partial charge in [0, 0.05) is 24.3 Å². The molecule has 0 amide bonds. The number of aromatic hydroxyl groups is 4. The van der Waals surface area contributed by atoms with Crippen molar-refractivity contribution in [3.05, 3.63) is 71.3 Å². The first-order valence-corrected chi connectivity index (χ1v) is 11.7. The van der Waals surface area contributed by atoms with Crippen LogP contribution in [0.4, 0.5) is 0 Å². The Morgan fingerprint density at radius 1 is 0.923 bits per heavy atom. The van der Waals surface area contributed by atoms with Crippen molar-refractivity contribution in [2.24, 2.45) is 17.8 Å². The van der Waals surface area contributed by atoms with E-state index in [0.29, 0.717) is 0 Å². The number of allylic oxidation sites excluding steroid dienone is 2. The van der Waals surface area contributed by atoms with Crippen LogP contribution in [0, 0.1) is 17.8 Å². The molecule has 2 aromatic rings. The summed E-state index contributed by atoms with van der Waals surface area (Å²) in [5.74, 6) is -11.2. The van der Waals surface area contributed by atoms with Gasteiger partial charge in [-0.2, -0.15) is 0 Å². The lowest BCUT2D eigenvalue weighted by Gasteiger charge is -2.47. The van der Waals surface area contributed by atoms with Crippen LogP contribution >= 0.6 is 0 Å². The number of Topliss-reactive ketones (excluding diaryl/α,β-unsaturated/α-hetero) is 1. The van der Waals surface area contributed by atoms with Crippen LogP contribution in [0.15, 0.2) is 60.2 Å². The lowest BCUT2D eigenvalue weighted by molar-refractivity contribution is -0.160. The molecule has 2 bridgehead atoms. The second kappa shape index (κ2) is 10.5. The monoisotopic (exact) mass is 540 g/mol. The highest BCUT2D eigenvalue weighted by atomic mass is 16.6. The highest BCUT2D eigenvalue weighted by molar-refractivity contribution is 5.97. The Hall–Kier alpha value is -4.84. The van der Waals surface area contributed by atoms with Gasteiger partial charge in [-0.15, -0.1) is 0 Å². The van der Waals surface area contributed by atoms with Gasteiger partial charge < -0.3 is 40.5 Å². The van der Waals surface area contributed by atoms with Crippen molar-refractivity contribution in [2.75, 3.05) is 0 Å². The number of carbonyl (C=O) groups is 4. The molecule has 204 valence electrons. The number of esters is 1. The summed E-state index contributed by atoms with van der Waals surface area (Å²) in [6, 6.07) is 7.31. The summed E-state index contributed by atoms with van der Waals surface area (Å²) in [7, 11) is 0. The van der Waals surface area contributed by atoms with E-state index in [0.717, 1.165) is 30.4 Å². The Bertz CT molecular complexity index is 1410. The molecule has 0 heterocycles. The number of rotatable bonds is 8. The van der Waals surface area contributed by atoms with Crippen molar-refractivity contribution >= 4 is 23.7 Å². The molecule has 0 aromatic heterocycles. The van der Waals surface area contributed by atoms with Crippen molar-refractivity contribution in [1.29, 1.82) is 0 Å². The molecule has 39 heavy (non-hydrogen) atoms. The number of carbonyl (C=O) groups excluding carboxylic acids is 2. The summed E-state index contributed by atoms with van der Waals surface area (Å²) < 4.78 is 5.00. The Labute approximate surface area is 220 Å². The normalized spacial score (nSPS) is 24.8. The second-order valence-corrected chi connectivity index (χ2v) is 9.33. The van der Waals surface area contributed by atoms with Crippen molar-refractivity contribution in [3.63, 3.8) is 0 Å². The number of hydrogen-bond donors (Lipinski definition) is 7. The minimum absolute atomic E-state index is 0.120. The molecule has 7 N–H and O–H groups in total.